The van der Waals surface area contributed by atoms with Crippen molar-refractivity contribution in [2.45, 2.75) is 33.3 Å². The van der Waals surface area contributed by atoms with Crippen molar-refractivity contribution >= 4 is 0 Å². The van der Waals surface area contributed by atoms with Gasteiger partial charge >= 0.3 is 0 Å². The largest absolute Gasteiger partial charge is 0.383 e. The molecule has 0 spiro atoms. The van der Waals surface area contributed by atoms with Gasteiger partial charge in [-0.2, -0.15) is 0 Å². The lowest BCUT2D eigenvalue weighted by Crippen LogP contribution is -2.17. The molecule has 1 aromatic heterocycles. The van der Waals surface area contributed by atoms with Crippen molar-refractivity contribution in [1.82, 2.24) is 9.97 Å². The van der Waals surface area contributed by atoms with Gasteiger partial charge in [0, 0.05) is 5.56 Å². The molecule has 0 saturated carbocycles. The van der Waals surface area contributed by atoms with Crippen LogP contribution in [0.3, 0.4) is 0 Å². The van der Waals surface area contributed by atoms with E-state index in [-0.39, 0.29) is 0 Å². The van der Waals surface area contributed by atoms with E-state index in [1.165, 1.54) is 11.1 Å². The normalized spacial score (nSPS) is 11.8. The quantitative estimate of drug-likeness (QED) is 0.833. The number of imidazole rings is 1. The maximum absolute atomic E-state index is 9.88. The minimum Gasteiger partial charge on any atom is -0.383 e. The number of benzene rings is 1. The Morgan fingerprint density at radius 1 is 1.24 bits per heavy atom. The number of aryl methyl sites for hydroxylation is 2. The number of aromatic nitrogens is 2. The molecule has 0 aliphatic heterocycles. The third kappa shape index (κ3) is 2.39. The van der Waals surface area contributed by atoms with Crippen LogP contribution in [0.1, 0.15) is 30.8 Å². The molecule has 1 heterocycles. The van der Waals surface area contributed by atoms with Crippen molar-refractivity contribution in [1.29, 1.82) is 0 Å². The Kier molecular flexibility index (Phi) is 2.79. The van der Waals surface area contributed by atoms with Crippen molar-refractivity contribution in [3.8, 4) is 11.3 Å². The third-order valence-electron chi connectivity index (χ3n) is 2.84. The van der Waals surface area contributed by atoms with Crippen LogP contribution in [0, 0.1) is 13.8 Å². The first-order chi connectivity index (χ1) is 7.88. The summed E-state index contributed by atoms with van der Waals surface area (Å²) in [5.41, 5.74) is 3.55. The second-order valence-electron chi connectivity index (χ2n) is 5.02. The van der Waals surface area contributed by atoms with Gasteiger partial charge in [0.2, 0.25) is 0 Å². The first-order valence-electron chi connectivity index (χ1n) is 5.73. The van der Waals surface area contributed by atoms with Gasteiger partial charge in [0.15, 0.2) is 0 Å². The molecule has 2 aromatic rings. The van der Waals surface area contributed by atoms with Crippen LogP contribution in [0.4, 0.5) is 0 Å². The zero-order valence-electron chi connectivity index (χ0n) is 10.7. The summed E-state index contributed by atoms with van der Waals surface area (Å²) >= 11 is 0. The minimum atomic E-state index is -0.935. The summed E-state index contributed by atoms with van der Waals surface area (Å²) < 4.78 is 0. The molecular formula is C14H18N2O. The SMILES string of the molecule is Cc1ccc(C)c(-c2cnc(C(C)(C)O)[nH]2)c1. The molecule has 2 N–H and O–H groups in total. The Hall–Kier alpha value is -1.61. The van der Waals surface area contributed by atoms with Gasteiger partial charge in [-0.3, -0.25) is 0 Å². The molecule has 17 heavy (non-hydrogen) atoms. The van der Waals surface area contributed by atoms with Crippen LogP contribution in [0.15, 0.2) is 24.4 Å². The van der Waals surface area contributed by atoms with Crippen molar-refractivity contribution in [3.05, 3.63) is 41.3 Å². The minimum absolute atomic E-state index is 0.591. The second-order valence-corrected chi connectivity index (χ2v) is 5.02. The fourth-order valence-corrected chi connectivity index (χ4v) is 1.80. The van der Waals surface area contributed by atoms with Crippen LogP contribution in [-0.2, 0) is 5.60 Å². The summed E-state index contributed by atoms with van der Waals surface area (Å²) in [5, 5.41) is 9.88. The van der Waals surface area contributed by atoms with Gasteiger partial charge in [-0.1, -0.05) is 17.7 Å². The predicted octanol–water partition coefficient (Wildman–Crippen LogP) is 2.92. The van der Waals surface area contributed by atoms with E-state index in [4.69, 9.17) is 0 Å². The van der Waals surface area contributed by atoms with Crippen LogP contribution in [0.5, 0.6) is 0 Å². The van der Waals surface area contributed by atoms with Crippen molar-refractivity contribution in [2.24, 2.45) is 0 Å². The zero-order valence-corrected chi connectivity index (χ0v) is 10.7. The van der Waals surface area contributed by atoms with Gasteiger partial charge in [-0.25, -0.2) is 4.98 Å². The number of hydrogen-bond donors (Lipinski definition) is 2. The number of rotatable bonds is 2. The monoisotopic (exact) mass is 230 g/mol. The van der Waals surface area contributed by atoms with Crippen LogP contribution >= 0.6 is 0 Å². The molecule has 0 aliphatic carbocycles. The lowest BCUT2D eigenvalue weighted by atomic mass is 10.0. The Morgan fingerprint density at radius 2 is 1.94 bits per heavy atom. The number of aromatic amines is 1. The molecule has 2 rings (SSSR count). The number of nitrogens with zero attached hydrogens (tertiary/aromatic N) is 1. The van der Waals surface area contributed by atoms with Crippen molar-refractivity contribution in [2.75, 3.05) is 0 Å². The van der Waals surface area contributed by atoms with E-state index < -0.39 is 5.60 Å². The Balaban J connectivity index is 2.47. The number of nitrogens with one attached hydrogen (secondary N) is 1. The van der Waals surface area contributed by atoms with Gasteiger partial charge in [-0.15, -0.1) is 0 Å². The zero-order chi connectivity index (χ0) is 12.6. The number of H-pyrrole nitrogens is 1. The van der Waals surface area contributed by atoms with E-state index in [1.54, 1.807) is 20.0 Å². The van der Waals surface area contributed by atoms with Gasteiger partial charge in [0.25, 0.3) is 0 Å². The smallest absolute Gasteiger partial charge is 0.138 e. The standard InChI is InChI=1S/C14H18N2O/c1-9-5-6-10(2)11(7-9)12-8-15-13(16-12)14(3,4)17/h5-8,17H,1-4H3,(H,15,16). The van der Waals surface area contributed by atoms with Crippen LogP contribution in [0.2, 0.25) is 0 Å². The van der Waals surface area contributed by atoms with Gasteiger partial charge in [-0.05, 0) is 39.3 Å². The first-order valence-corrected chi connectivity index (χ1v) is 5.73. The fourth-order valence-electron chi connectivity index (χ4n) is 1.80. The lowest BCUT2D eigenvalue weighted by Gasteiger charge is -2.13. The van der Waals surface area contributed by atoms with Crippen LogP contribution in [-0.4, -0.2) is 15.1 Å². The Labute approximate surface area is 102 Å². The molecule has 0 amide bonds. The highest BCUT2D eigenvalue weighted by atomic mass is 16.3. The molecule has 0 aliphatic rings. The van der Waals surface area contributed by atoms with Crippen LogP contribution in [0.25, 0.3) is 11.3 Å². The molecule has 0 bridgehead atoms. The molecule has 3 nitrogen and oxygen atoms in total. The second kappa shape index (κ2) is 4.00. The highest BCUT2D eigenvalue weighted by Gasteiger charge is 2.20. The maximum atomic E-state index is 9.88. The topological polar surface area (TPSA) is 48.9 Å². The molecule has 1 aromatic carbocycles. The van der Waals surface area contributed by atoms with Crippen molar-refractivity contribution in [3.63, 3.8) is 0 Å². The summed E-state index contributed by atoms with van der Waals surface area (Å²) in [6.45, 7) is 7.58. The Bertz CT molecular complexity index is 535. The summed E-state index contributed by atoms with van der Waals surface area (Å²) in [5.74, 6) is 0.591. The third-order valence-corrected chi connectivity index (χ3v) is 2.84. The van der Waals surface area contributed by atoms with E-state index in [0.717, 1.165) is 11.3 Å². The molecule has 0 atom stereocenters. The lowest BCUT2D eigenvalue weighted by molar-refractivity contribution is 0.0697. The van der Waals surface area contributed by atoms with Gasteiger partial charge in [0.05, 0.1) is 11.9 Å². The molecule has 90 valence electrons. The van der Waals surface area contributed by atoms with Gasteiger partial charge in [0.1, 0.15) is 11.4 Å². The summed E-state index contributed by atoms with van der Waals surface area (Å²) in [4.78, 5) is 7.41. The average Bonchev–Trinajstić information content (AvgIpc) is 2.70. The van der Waals surface area contributed by atoms with E-state index in [1.807, 2.05) is 0 Å². The van der Waals surface area contributed by atoms with E-state index in [2.05, 4.69) is 42.0 Å². The van der Waals surface area contributed by atoms with Crippen LogP contribution < -0.4 is 0 Å². The highest BCUT2D eigenvalue weighted by molar-refractivity contribution is 5.63. The molecule has 0 fully saturated rings. The first kappa shape index (κ1) is 11.9. The molecule has 3 heteroatoms. The Morgan fingerprint density at radius 3 is 2.53 bits per heavy atom. The summed E-state index contributed by atoms with van der Waals surface area (Å²) in [7, 11) is 0. The summed E-state index contributed by atoms with van der Waals surface area (Å²) in [6, 6.07) is 6.30. The molecule has 0 unspecified atom stereocenters. The molecule has 0 radical (unpaired) electrons. The summed E-state index contributed by atoms with van der Waals surface area (Å²) in [6.07, 6.45) is 1.77. The molecule has 0 saturated heterocycles. The van der Waals surface area contributed by atoms with E-state index in [9.17, 15) is 5.11 Å². The van der Waals surface area contributed by atoms with Crippen molar-refractivity contribution < 1.29 is 5.11 Å². The average molecular weight is 230 g/mol. The molecular weight excluding hydrogens is 212 g/mol. The number of hydrogen-bond acceptors (Lipinski definition) is 2. The highest BCUT2D eigenvalue weighted by Crippen LogP contribution is 2.25. The van der Waals surface area contributed by atoms with E-state index >= 15 is 0 Å². The van der Waals surface area contributed by atoms with E-state index in [0.29, 0.717) is 5.82 Å². The fraction of sp³-hybridized carbons (Fsp3) is 0.357. The number of aliphatic hydroxyl groups is 1. The maximum Gasteiger partial charge on any atom is 0.138 e. The predicted molar refractivity (Wildman–Crippen MR) is 68.7 cm³/mol. The van der Waals surface area contributed by atoms with Gasteiger partial charge < -0.3 is 10.1 Å².